The van der Waals surface area contributed by atoms with Gasteiger partial charge in [-0.2, -0.15) is 13.2 Å². The third-order valence-corrected chi connectivity index (χ3v) is 3.60. The van der Waals surface area contributed by atoms with Gasteiger partial charge in [0, 0.05) is 18.3 Å². The van der Waals surface area contributed by atoms with Crippen molar-refractivity contribution >= 4 is 11.8 Å². The van der Waals surface area contributed by atoms with Gasteiger partial charge < -0.3 is 10.2 Å². The molecule has 110 valence electrons. The van der Waals surface area contributed by atoms with Gasteiger partial charge in [-0.05, 0) is 51.2 Å². The Balaban J connectivity index is 3.45. The van der Waals surface area contributed by atoms with Gasteiger partial charge in [-0.15, -0.1) is 0 Å². The second-order valence-corrected chi connectivity index (χ2v) is 5.48. The maximum absolute atomic E-state index is 11.9. The summed E-state index contributed by atoms with van der Waals surface area (Å²) in [5.41, 5.74) is -4.10. The van der Waals surface area contributed by atoms with Crippen LogP contribution >= 0.6 is 11.8 Å². The van der Waals surface area contributed by atoms with Crippen molar-refractivity contribution < 1.29 is 13.2 Å². The largest absolute Gasteiger partial charge is 0.441 e. The fraction of sp³-hybridized carbons (Fsp3) is 1.00. The van der Waals surface area contributed by atoms with Gasteiger partial charge in [0.25, 0.3) is 0 Å². The van der Waals surface area contributed by atoms with E-state index in [0.29, 0.717) is 6.54 Å². The molecule has 1 atom stereocenters. The molecule has 6 heteroatoms. The summed E-state index contributed by atoms with van der Waals surface area (Å²) < 4.78 is 35.6. The first-order valence-corrected chi connectivity index (χ1v) is 7.54. The molecule has 0 aromatic heterocycles. The molecule has 0 heterocycles. The molecule has 0 rings (SSSR count). The molecule has 2 nitrogen and oxygen atoms in total. The van der Waals surface area contributed by atoms with Crippen LogP contribution in [0.5, 0.6) is 0 Å². The van der Waals surface area contributed by atoms with Crippen LogP contribution in [0.3, 0.4) is 0 Å². The minimum absolute atomic E-state index is 0.0408. The third-order valence-electron chi connectivity index (χ3n) is 2.87. The zero-order valence-corrected chi connectivity index (χ0v) is 12.3. The van der Waals surface area contributed by atoms with Crippen LogP contribution < -0.4 is 5.32 Å². The smallest absolute Gasteiger partial charge is 0.313 e. The normalized spacial score (nSPS) is 14.2. The quantitative estimate of drug-likeness (QED) is 0.620. The summed E-state index contributed by atoms with van der Waals surface area (Å²) in [6.45, 7) is 9.90. The van der Waals surface area contributed by atoms with Gasteiger partial charge in [0.15, 0.2) is 0 Å². The molecule has 1 unspecified atom stereocenters. The van der Waals surface area contributed by atoms with Crippen molar-refractivity contribution in [3.8, 4) is 0 Å². The summed E-state index contributed by atoms with van der Waals surface area (Å²) in [6, 6.07) is 0.286. The topological polar surface area (TPSA) is 15.3 Å². The van der Waals surface area contributed by atoms with E-state index in [0.717, 1.165) is 32.5 Å². The van der Waals surface area contributed by atoms with Crippen molar-refractivity contribution in [1.29, 1.82) is 0 Å². The van der Waals surface area contributed by atoms with Crippen LogP contribution in [0.15, 0.2) is 0 Å². The molecule has 1 N–H and O–H groups in total. The molecule has 0 saturated carbocycles. The molecule has 0 aliphatic heterocycles. The summed E-state index contributed by atoms with van der Waals surface area (Å²) in [5, 5.41) is 3.13. The Kier molecular flexibility index (Phi) is 9.95. The van der Waals surface area contributed by atoms with Crippen LogP contribution in [0.1, 0.15) is 33.6 Å². The Morgan fingerprint density at radius 1 is 1.22 bits per heavy atom. The van der Waals surface area contributed by atoms with Gasteiger partial charge in [0.1, 0.15) is 0 Å². The third kappa shape index (κ3) is 11.2. The lowest BCUT2D eigenvalue weighted by Crippen LogP contribution is -2.30. The molecule has 0 aromatic carbocycles. The lowest BCUT2D eigenvalue weighted by Gasteiger charge is -2.19. The number of alkyl halides is 3. The molecule has 0 saturated heterocycles. The van der Waals surface area contributed by atoms with Crippen molar-refractivity contribution in [2.45, 2.75) is 45.2 Å². The van der Waals surface area contributed by atoms with Crippen LogP contribution in [0.2, 0.25) is 0 Å². The van der Waals surface area contributed by atoms with E-state index in [4.69, 9.17) is 0 Å². The van der Waals surface area contributed by atoms with Crippen molar-refractivity contribution in [2.75, 3.05) is 31.9 Å². The molecule has 0 fully saturated rings. The number of hydrogen-bond donors (Lipinski definition) is 1. The Labute approximate surface area is 113 Å². The van der Waals surface area contributed by atoms with Crippen molar-refractivity contribution in [2.24, 2.45) is 0 Å². The summed E-state index contributed by atoms with van der Waals surface area (Å²) in [4.78, 5) is 2.35. The zero-order chi connectivity index (χ0) is 14.0. The summed E-state index contributed by atoms with van der Waals surface area (Å²) in [5.74, 6) is 0.0872. The van der Waals surface area contributed by atoms with E-state index < -0.39 is 5.51 Å². The minimum atomic E-state index is -4.10. The highest BCUT2D eigenvalue weighted by Gasteiger charge is 2.27. The summed E-state index contributed by atoms with van der Waals surface area (Å²) in [7, 11) is 0. The van der Waals surface area contributed by atoms with Gasteiger partial charge in [-0.1, -0.05) is 13.8 Å². The highest BCUT2D eigenvalue weighted by Crippen LogP contribution is 2.29. The van der Waals surface area contributed by atoms with E-state index >= 15 is 0 Å². The van der Waals surface area contributed by atoms with Crippen LogP contribution in [0.25, 0.3) is 0 Å². The molecule has 0 aromatic rings. The van der Waals surface area contributed by atoms with Crippen LogP contribution in [-0.2, 0) is 0 Å². The highest BCUT2D eigenvalue weighted by atomic mass is 32.2. The Bertz CT molecular complexity index is 196. The van der Waals surface area contributed by atoms with Crippen molar-refractivity contribution in [1.82, 2.24) is 10.2 Å². The van der Waals surface area contributed by atoms with Gasteiger partial charge in [-0.25, -0.2) is 0 Å². The molecule has 0 aliphatic rings. The highest BCUT2D eigenvalue weighted by molar-refractivity contribution is 8.00. The van der Waals surface area contributed by atoms with Gasteiger partial charge in [0.05, 0.1) is 0 Å². The van der Waals surface area contributed by atoms with Gasteiger partial charge in [-0.3, -0.25) is 0 Å². The van der Waals surface area contributed by atoms with E-state index in [-0.39, 0.29) is 23.6 Å². The van der Waals surface area contributed by atoms with Crippen molar-refractivity contribution in [3.63, 3.8) is 0 Å². The first kappa shape index (κ1) is 18.1. The zero-order valence-electron chi connectivity index (χ0n) is 11.5. The molecule has 0 amide bonds. The fourth-order valence-electron chi connectivity index (χ4n) is 1.74. The number of halogens is 3. The molecular formula is C12H25F3N2S. The van der Waals surface area contributed by atoms with E-state index in [2.05, 4.69) is 24.1 Å². The minimum Gasteiger partial charge on any atom is -0.313 e. The lowest BCUT2D eigenvalue weighted by atomic mass is 10.2. The molecule has 0 radical (unpaired) electrons. The van der Waals surface area contributed by atoms with Crippen LogP contribution in [0, 0.1) is 0 Å². The van der Waals surface area contributed by atoms with E-state index in [9.17, 15) is 13.2 Å². The Hall–Kier alpha value is 0.0600. The Morgan fingerprint density at radius 3 is 2.33 bits per heavy atom. The average Bonchev–Trinajstić information content (AvgIpc) is 2.29. The van der Waals surface area contributed by atoms with Crippen LogP contribution in [-0.4, -0.2) is 48.4 Å². The second-order valence-electron chi connectivity index (χ2n) is 4.32. The first-order valence-electron chi connectivity index (χ1n) is 6.55. The average molecular weight is 286 g/mol. The summed E-state index contributed by atoms with van der Waals surface area (Å²) >= 11 is 0.0408. The maximum Gasteiger partial charge on any atom is 0.441 e. The van der Waals surface area contributed by atoms with Crippen molar-refractivity contribution in [3.05, 3.63) is 0 Å². The second kappa shape index (κ2) is 9.92. The molecule has 0 aliphatic carbocycles. The SMILES string of the molecule is CCN(CC)CCCC(C)NCCSC(F)(F)F. The number of rotatable bonds is 10. The van der Waals surface area contributed by atoms with Crippen LogP contribution in [0.4, 0.5) is 13.2 Å². The number of thioether (sulfide) groups is 1. The Morgan fingerprint density at radius 2 is 1.83 bits per heavy atom. The van der Waals surface area contributed by atoms with E-state index in [1.807, 2.05) is 6.92 Å². The molecular weight excluding hydrogens is 261 g/mol. The maximum atomic E-state index is 11.9. The fourth-order valence-corrected chi connectivity index (χ4v) is 2.19. The lowest BCUT2D eigenvalue weighted by molar-refractivity contribution is -0.0327. The van der Waals surface area contributed by atoms with E-state index in [1.54, 1.807) is 0 Å². The number of nitrogens with one attached hydrogen (secondary N) is 1. The number of hydrogen-bond acceptors (Lipinski definition) is 3. The number of nitrogens with zero attached hydrogens (tertiary/aromatic N) is 1. The van der Waals surface area contributed by atoms with E-state index in [1.165, 1.54) is 0 Å². The predicted octanol–water partition coefficient (Wildman–Crippen LogP) is 3.34. The molecule has 18 heavy (non-hydrogen) atoms. The predicted molar refractivity (Wildman–Crippen MR) is 73.0 cm³/mol. The monoisotopic (exact) mass is 286 g/mol. The molecule has 0 spiro atoms. The van der Waals surface area contributed by atoms with Gasteiger partial charge in [0.2, 0.25) is 0 Å². The summed E-state index contributed by atoms with van der Waals surface area (Å²) in [6.07, 6.45) is 2.09. The molecule has 0 bridgehead atoms. The van der Waals surface area contributed by atoms with Gasteiger partial charge >= 0.3 is 5.51 Å². The first-order chi connectivity index (χ1) is 8.39. The standard InChI is InChI=1S/C12H25F3N2S/c1-4-17(5-2)9-6-7-11(3)16-8-10-18-12(13,14)15/h11,16H,4-10H2,1-3H3.